The summed E-state index contributed by atoms with van der Waals surface area (Å²) in [6.07, 6.45) is 2.30. The first-order chi connectivity index (χ1) is 11.7. The Morgan fingerprint density at radius 1 is 1.12 bits per heavy atom. The van der Waals surface area contributed by atoms with E-state index in [4.69, 9.17) is 0 Å². The van der Waals surface area contributed by atoms with Crippen molar-refractivity contribution in [3.05, 3.63) is 35.4 Å². The average molecular weight is 347 g/mol. The van der Waals surface area contributed by atoms with Gasteiger partial charge < -0.3 is 15.5 Å². The van der Waals surface area contributed by atoms with Gasteiger partial charge in [-0.3, -0.25) is 4.79 Å². The maximum absolute atomic E-state index is 11.9. The molecule has 0 saturated carbocycles. The highest BCUT2D eigenvalue weighted by Crippen LogP contribution is 2.19. The van der Waals surface area contributed by atoms with Crippen molar-refractivity contribution in [2.24, 2.45) is 10.4 Å². The third kappa shape index (κ3) is 8.57. The van der Waals surface area contributed by atoms with Crippen LogP contribution >= 0.6 is 0 Å². The standard InChI is InChI=1S/C20H34N4O/c1-7-21-19(22-14-8-13-20(2,3)4)23-15-16-9-11-17(12-10-16)18(25)24(5)6/h9-12H,7-8,13-15H2,1-6H3,(H2,21,22,23). The summed E-state index contributed by atoms with van der Waals surface area (Å²) in [5.41, 5.74) is 2.15. The molecule has 0 saturated heterocycles. The number of nitrogens with one attached hydrogen (secondary N) is 2. The van der Waals surface area contributed by atoms with Crippen molar-refractivity contribution in [3.8, 4) is 0 Å². The molecule has 5 heteroatoms. The minimum atomic E-state index is 0.0175. The zero-order valence-electron chi connectivity index (χ0n) is 16.6. The summed E-state index contributed by atoms with van der Waals surface area (Å²) in [5, 5.41) is 6.66. The van der Waals surface area contributed by atoms with Gasteiger partial charge in [-0.05, 0) is 42.9 Å². The summed E-state index contributed by atoms with van der Waals surface area (Å²) in [4.78, 5) is 18.1. The van der Waals surface area contributed by atoms with Crippen molar-refractivity contribution in [3.63, 3.8) is 0 Å². The fraction of sp³-hybridized carbons (Fsp3) is 0.600. The van der Waals surface area contributed by atoms with E-state index in [0.29, 0.717) is 17.5 Å². The Kier molecular flexibility index (Phi) is 8.46. The van der Waals surface area contributed by atoms with Crippen LogP contribution in [0.3, 0.4) is 0 Å². The van der Waals surface area contributed by atoms with E-state index in [-0.39, 0.29) is 5.91 Å². The molecule has 0 aliphatic rings. The topological polar surface area (TPSA) is 56.7 Å². The van der Waals surface area contributed by atoms with Gasteiger partial charge in [0, 0.05) is 32.7 Å². The fourth-order valence-corrected chi connectivity index (χ4v) is 2.35. The molecule has 0 aromatic heterocycles. The zero-order chi connectivity index (χ0) is 18.9. The molecule has 1 amide bonds. The monoisotopic (exact) mass is 346 g/mol. The first-order valence-corrected chi connectivity index (χ1v) is 9.05. The lowest BCUT2D eigenvalue weighted by Crippen LogP contribution is -2.38. The number of hydrogen-bond donors (Lipinski definition) is 2. The van der Waals surface area contributed by atoms with Crippen molar-refractivity contribution in [1.82, 2.24) is 15.5 Å². The molecular formula is C20H34N4O. The Bertz CT molecular complexity index is 556. The van der Waals surface area contributed by atoms with Gasteiger partial charge in [0.1, 0.15) is 0 Å². The van der Waals surface area contributed by atoms with E-state index in [2.05, 4.69) is 43.3 Å². The van der Waals surface area contributed by atoms with Crippen LogP contribution in [0.25, 0.3) is 0 Å². The quantitative estimate of drug-likeness (QED) is 0.453. The molecule has 1 rings (SSSR count). The van der Waals surface area contributed by atoms with Crippen LogP contribution in [-0.4, -0.2) is 44.0 Å². The molecule has 1 aromatic carbocycles. The largest absolute Gasteiger partial charge is 0.357 e. The highest BCUT2D eigenvalue weighted by molar-refractivity contribution is 5.93. The zero-order valence-corrected chi connectivity index (χ0v) is 16.6. The van der Waals surface area contributed by atoms with Crippen molar-refractivity contribution >= 4 is 11.9 Å². The van der Waals surface area contributed by atoms with Crippen LogP contribution in [0, 0.1) is 5.41 Å². The molecule has 5 nitrogen and oxygen atoms in total. The highest BCUT2D eigenvalue weighted by atomic mass is 16.2. The second kappa shape index (κ2) is 10.1. The minimum Gasteiger partial charge on any atom is -0.357 e. The Morgan fingerprint density at radius 3 is 2.28 bits per heavy atom. The molecule has 0 heterocycles. The number of amides is 1. The van der Waals surface area contributed by atoms with E-state index in [1.54, 1.807) is 19.0 Å². The van der Waals surface area contributed by atoms with Gasteiger partial charge in [0.15, 0.2) is 5.96 Å². The summed E-state index contributed by atoms with van der Waals surface area (Å²) in [6, 6.07) is 7.64. The smallest absolute Gasteiger partial charge is 0.253 e. The maximum Gasteiger partial charge on any atom is 0.253 e. The molecule has 0 spiro atoms. The molecule has 0 atom stereocenters. The van der Waals surface area contributed by atoms with Gasteiger partial charge in [0.2, 0.25) is 0 Å². The molecular weight excluding hydrogens is 312 g/mol. The van der Waals surface area contributed by atoms with Crippen LogP contribution in [0.4, 0.5) is 0 Å². The Hall–Kier alpha value is -2.04. The van der Waals surface area contributed by atoms with Gasteiger partial charge >= 0.3 is 0 Å². The van der Waals surface area contributed by atoms with Crippen molar-refractivity contribution in [2.45, 2.75) is 47.1 Å². The van der Waals surface area contributed by atoms with Crippen LogP contribution in [-0.2, 0) is 6.54 Å². The number of rotatable bonds is 7. The normalized spacial score (nSPS) is 12.0. The van der Waals surface area contributed by atoms with E-state index >= 15 is 0 Å². The van der Waals surface area contributed by atoms with Crippen LogP contribution in [0.1, 0.15) is 56.5 Å². The average Bonchev–Trinajstić information content (AvgIpc) is 2.55. The molecule has 25 heavy (non-hydrogen) atoms. The fourth-order valence-electron chi connectivity index (χ4n) is 2.35. The van der Waals surface area contributed by atoms with Crippen molar-refractivity contribution in [2.75, 3.05) is 27.2 Å². The van der Waals surface area contributed by atoms with Crippen molar-refractivity contribution < 1.29 is 4.79 Å². The molecule has 0 fully saturated rings. The van der Waals surface area contributed by atoms with E-state index < -0.39 is 0 Å². The molecule has 140 valence electrons. The van der Waals surface area contributed by atoms with Gasteiger partial charge in [-0.2, -0.15) is 0 Å². The SMILES string of the molecule is CCNC(=NCc1ccc(C(=O)N(C)C)cc1)NCCCC(C)(C)C. The van der Waals surface area contributed by atoms with Crippen LogP contribution in [0.5, 0.6) is 0 Å². The third-order valence-corrected chi connectivity index (χ3v) is 3.77. The van der Waals surface area contributed by atoms with Gasteiger partial charge in [-0.15, -0.1) is 0 Å². The number of carbonyl (C=O) groups excluding carboxylic acids is 1. The molecule has 0 aliphatic carbocycles. The first-order valence-electron chi connectivity index (χ1n) is 9.05. The molecule has 0 bridgehead atoms. The summed E-state index contributed by atoms with van der Waals surface area (Å²) < 4.78 is 0. The minimum absolute atomic E-state index is 0.0175. The summed E-state index contributed by atoms with van der Waals surface area (Å²) in [6.45, 7) is 11.2. The van der Waals surface area contributed by atoms with E-state index in [0.717, 1.165) is 31.0 Å². The number of nitrogens with zero attached hydrogens (tertiary/aromatic N) is 2. The predicted molar refractivity (Wildman–Crippen MR) is 106 cm³/mol. The van der Waals surface area contributed by atoms with Gasteiger partial charge in [0.05, 0.1) is 6.54 Å². The van der Waals surface area contributed by atoms with Crippen LogP contribution in [0.15, 0.2) is 29.3 Å². The number of hydrogen-bond acceptors (Lipinski definition) is 2. The predicted octanol–water partition coefficient (Wildman–Crippen LogP) is 3.27. The van der Waals surface area contributed by atoms with E-state index in [1.165, 1.54) is 6.42 Å². The Labute approximate surface area is 152 Å². The third-order valence-electron chi connectivity index (χ3n) is 3.77. The van der Waals surface area contributed by atoms with Crippen molar-refractivity contribution in [1.29, 1.82) is 0 Å². The second-order valence-corrected chi connectivity index (χ2v) is 7.68. The lowest BCUT2D eigenvalue weighted by Gasteiger charge is -2.18. The Balaban J connectivity index is 2.57. The molecule has 1 aromatic rings. The van der Waals surface area contributed by atoms with Crippen LogP contribution in [0.2, 0.25) is 0 Å². The molecule has 0 radical (unpaired) electrons. The van der Waals surface area contributed by atoms with Crippen LogP contribution < -0.4 is 10.6 Å². The van der Waals surface area contributed by atoms with Gasteiger partial charge in [0.25, 0.3) is 5.91 Å². The molecule has 0 aliphatic heterocycles. The lowest BCUT2D eigenvalue weighted by molar-refractivity contribution is 0.0827. The van der Waals surface area contributed by atoms with Gasteiger partial charge in [-0.1, -0.05) is 32.9 Å². The second-order valence-electron chi connectivity index (χ2n) is 7.68. The summed E-state index contributed by atoms with van der Waals surface area (Å²) >= 11 is 0. The highest BCUT2D eigenvalue weighted by Gasteiger charge is 2.09. The number of carbonyl (C=O) groups is 1. The van der Waals surface area contributed by atoms with Gasteiger partial charge in [-0.25, -0.2) is 4.99 Å². The van der Waals surface area contributed by atoms with E-state index in [9.17, 15) is 4.79 Å². The summed E-state index contributed by atoms with van der Waals surface area (Å²) in [5.74, 6) is 0.855. The Morgan fingerprint density at radius 2 is 1.76 bits per heavy atom. The number of aliphatic imine (C=N–C) groups is 1. The maximum atomic E-state index is 11.9. The van der Waals surface area contributed by atoms with E-state index in [1.807, 2.05) is 24.3 Å². The number of benzene rings is 1. The molecule has 0 unspecified atom stereocenters. The number of guanidine groups is 1. The lowest BCUT2D eigenvalue weighted by atomic mass is 9.91. The summed E-state index contributed by atoms with van der Waals surface area (Å²) in [7, 11) is 3.52. The first kappa shape index (κ1) is 21.0. The molecule has 2 N–H and O–H groups in total.